The second kappa shape index (κ2) is 6.22. The van der Waals surface area contributed by atoms with Crippen LogP contribution in [0.2, 0.25) is 0 Å². The number of hydrogen-bond acceptors (Lipinski definition) is 5. The summed E-state index contributed by atoms with van der Waals surface area (Å²) in [5.41, 5.74) is 3.29. The summed E-state index contributed by atoms with van der Waals surface area (Å²) in [5.74, 6) is 0. The molecule has 2 unspecified atom stereocenters. The van der Waals surface area contributed by atoms with Gasteiger partial charge in [-0.05, 0) is 47.9 Å². The summed E-state index contributed by atoms with van der Waals surface area (Å²) < 4.78 is 7.28. The first-order valence-corrected chi connectivity index (χ1v) is 7.41. The Morgan fingerprint density at radius 1 is 1.29 bits per heavy atom. The predicted octanol–water partition coefficient (Wildman–Crippen LogP) is 2.34. The maximum atomic E-state index is 5.62. The van der Waals surface area contributed by atoms with Gasteiger partial charge in [0.2, 0.25) is 0 Å². The third kappa shape index (κ3) is 3.05. The molecule has 0 radical (unpaired) electrons. The van der Waals surface area contributed by atoms with Gasteiger partial charge in [0.05, 0.1) is 17.8 Å². The molecule has 112 valence electrons. The predicted molar refractivity (Wildman–Crippen MR) is 80.6 cm³/mol. The highest BCUT2D eigenvalue weighted by molar-refractivity contribution is 5.57. The van der Waals surface area contributed by atoms with Crippen LogP contribution in [0.1, 0.15) is 31.2 Å². The maximum Gasteiger partial charge on any atom is 0.143 e. The Balaban J connectivity index is 1.82. The number of hydrogen-bond donors (Lipinski definition) is 1. The molecular weight excluding hydrogens is 266 g/mol. The normalized spacial score (nSPS) is 22.2. The Kier molecular flexibility index (Phi) is 4.15. The first kappa shape index (κ1) is 14.0. The number of tetrazole rings is 1. The molecule has 0 spiro atoms. The van der Waals surface area contributed by atoms with Gasteiger partial charge in [-0.15, -0.1) is 5.10 Å². The maximum absolute atomic E-state index is 5.62. The van der Waals surface area contributed by atoms with Crippen LogP contribution in [0, 0.1) is 6.92 Å². The van der Waals surface area contributed by atoms with Gasteiger partial charge in [-0.25, -0.2) is 4.68 Å². The van der Waals surface area contributed by atoms with E-state index in [1.165, 1.54) is 18.4 Å². The van der Waals surface area contributed by atoms with Crippen LogP contribution in [0.5, 0.6) is 0 Å². The van der Waals surface area contributed by atoms with Gasteiger partial charge in [0.1, 0.15) is 6.33 Å². The molecule has 0 aliphatic heterocycles. The van der Waals surface area contributed by atoms with Crippen LogP contribution in [0.15, 0.2) is 24.5 Å². The van der Waals surface area contributed by atoms with Crippen LogP contribution >= 0.6 is 0 Å². The minimum Gasteiger partial charge on any atom is -0.379 e. The van der Waals surface area contributed by atoms with Crippen LogP contribution in [-0.4, -0.2) is 39.5 Å². The second-order valence-corrected chi connectivity index (χ2v) is 5.56. The molecule has 6 heteroatoms. The van der Waals surface area contributed by atoms with Crippen molar-refractivity contribution < 1.29 is 4.74 Å². The minimum absolute atomic E-state index is 0.287. The van der Waals surface area contributed by atoms with Crippen molar-refractivity contribution in [1.29, 1.82) is 0 Å². The lowest BCUT2D eigenvalue weighted by molar-refractivity contribution is 0.0606. The zero-order chi connectivity index (χ0) is 14.7. The van der Waals surface area contributed by atoms with Crippen molar-refractivity contribution in [2.45, 2.75) is 44.8 Å². The molecule has 1 N–H and O–H groups in total. The second-order valence-electron chi connectivity index (χ2n) is 5.56. The zero-order valence-corrected chi connectivity index (χ0v) is 12.5. The Bertz CT molecular complexity index is 584. The third-order valence-corrected chi connectivity index (χ3v) is 4.18. The average molecular weight is 287 g/mol. The van der Waals surface area contributed by atoms with Crippen molar-refractivity contribution >= 4 is 5.69 Å². The number of ether oxygens (including phenoxy) is 1. The van der Waals surface area contributed by atoms with E-state index >= 15 is 0 Å². The van der Waals surface area contributed by atoms with Gasteiger partial charge in [0, 0.05) is 12.8 Å². The quantitative estimate of drug-likeness (QED) is 0.935. The lowest BCUT2D eigenvalue weighted by atomic mass is 9.92. The van der Waals surface area contributed by atoms with Gasteiger partial charge in [-0.2, -0.15) is 0 Å². The monoisotopic (exact) mass is 287 g/mol. The number of benzene rings is 1. The van der Waals surface area contributed by atoms with Crippen LogP contribution in [0.25, 0.3) is 5.69 Å². The summed E-state index contributed by atoms with van der Waals surface area (Å²) >= 11 is 0. The SMILES string of the molecule is COC1CCCCC1Nc1cc(-n2cnnn2)ccc1C. The number of aryl methyl sites for hydroxylation is 1. The molecule has 21 heavy (non-hydrogen) atoms. The molecule has 1 saturated carbocycles. The van der Waals surface area contributed by atoms with Crippen molar-refractivity contribution in [3.8, 4) is 5.69 Å². The lowest BCUT2D eigenvalue weighted by Crippen LogP contribution is -2.37. The fraction of sp³-hybridized carbons (Fsp3) is 0.533. The number of rotatable bonds is 4. The van der Waals surface area contributed by atoms with Crippen molar-refractivity contribution in [1.82, 2.24) is 20.2 Å². The number of nitrogens with zero attached hydrogens (tertiary/aromatic N) is 4. The summed E-state index contributed by atoms with van der Waals surface area (Å²) in [6.45, 7) is 2.11. The van der Waals surface area contributed by atoms with E-state index in [9.17, 15) is 0 Å². The van der Waals surface area contributed by atoms with E-state index in [1.54, 1.807) is 18.1 Å². The summed E-state index contributed by atoms with van der Waals surface area (Å²) in [4.78, 5) is 0. The number of nitrogens with one attached hydrogen (secondary N) is 1. The Morgan fingerprint density at radius 3 is 2.90 bits per heavy atom. The molecule has 1 heterocycles. The van der Waals surface area contributed by atoms with Crippen molar-refractivity contribution in [2.75, 3.05) is 12.4 Å². The Morgan fingerprint density at radius 2 is 2.14 bits per heavy atom. The molecule has 0 saturated heterocycles. The van der Waals surface area contributed by atoms with Crippen LogP contribution in [-0.2, 0) is 4.74 Å². The van der Waals surface area contributed by atoms with E-state index in [1.807, 2.05) is 6.07 Å². The molecule has 1 fully saturated rings. The fourth-order valence-corrected chi connectivity index (χ4v) is 2.93. The van der Waals surface area contributed by atoms with Crippen LogP contribution in [0.3, 0.4) is 0 Å². The zero-order valence-electron chi connectivity index (χ0n) is 12.5. The van der Waals surface area contributed by atoms with Gasteiger partial charge in [-0.3, -0.25) is 0 Å². The van der Waals surface area contributed by atoms with E-state index in [2.05, 4.69) is 39.9 Å². The van der Waals surface area contributed by atoms with E-state index in [4.69, 9.17) is 4.74 Å². The van der Waals surface area contributed by atoms with E-state index in [0.29, 0.717) is 6.04 Å². The molecule has 6 nitrogen and oxygen atoms in total. The highest BCUT2D eigenvalue weighted by Crippen LogP contribution is 2.26. The Hall–Kier alpha value is -1.95. The lowest BCUT2D eigenvalue weighted by Gasteiger charge is -2.32. The summed E-state index contributed by atoms with van der Waals surface area (Å²) in [7, 11) is 1.80. The fourth-order valence-electron chi connectivity index (χ4n) is 2.93. The molecule has 1 aromatic carbocycles. The molecule has 0 bridgehead atoms. The molecule has 1 aliphatic carbocycles. The topological polar surface area (TPSA) is 64.9 Å². The van der Waals surface area contributed by atoms with Crippen molar-refractivity contribution in [3.63, 3.8) is 0 Å². The van der Waals surface area contributed by atoms with Crippen molar-refractivity contribution in [3.05, 3.63) is 30.1 Å². The van der Waals surface area contributed by atoms with Gasteiger partial charge in [0.25, 0.3) is 0 Å². The number of aromatic nitrogens is 4. The smallest absolute Gasteiger partial charge is 0.143 e. The van der Waals surface area contributed by atoms with Crippen molar-refractivity contribution in [2.24, 2.45) is 0 Å². The highest BCUT2D eigenvalue weighted by atomic mass is 16.5. The van der Waals surface area contributed by atoms with E-state index in [-0.39, 0.29) is 6.10 Å². The van der Waals surface area contributed by atoms with Gasteiger partial charge < -0.3 is 10.1 Å². The average Bonchev–Trinajstić information content (AvgIpc) is 3.04. The first-order chi connectivity index (χ1) is 10.3. The molecule has 3 rings (SSSR count). The highest BCUT2D eigenvalue weighted by Gasteiger charge is 2.25. The van der Waals surface area contributed by atoms with E-state index in [0.717, 1.165) is 24.2 Å². The Labute approximate surface area is 124 Å². The van der Waals surface area contributed by atoms with Gasteiger partial charge in [0.15, 0.2) is 0 Å². The molecule has 2 aromatic rings. The largest absolute Gasteiger partial charge is 0.379 e. The molecule has 1 aromatic heterocycles. The summed E-state index contributed by atoms with van der Waals surface area (Å²) in [6, 6.07) is 6.56. The third-order valence-electron chi connectivity index (χ3n) is 4.18. The first-order valence-electron chi connectivity index (χ1n) is 7.41. The number of anilines is 1. The summed E-state index contributed by atoms with van der Waals surface area (Å²) in [6.07, 6.45) is 6.67. The van der Waals surface area contributed by atoms with E-state index < -0.39 is 0 Å². The minimum atomic E-state index is 0.287. The molecule has 1 aliphatic rings. The summed E-state index contributed by atoms with van der Waals surface area (Å²) in [5, 5.41) is 15.0. The van der Waals surface area contributed by atoms with Gasteiger partial charge >= 0.3 is 0 Å². The van der Waals surface area contributed by atoms with Gasteiger partial charge in [-0.1, -0.05) is 18.9 Å². The molecule has 2 atom stereocenters. The molecule has 0 amide bonds. The van der Waals surface area contributed by atoms with Crippen LogP contribution in [0.4, 0.5) is 5.69 Å². The number of methoxy groups -OCH3 is 1. The van der Waals surface area contributed by atoms with Crippen LogP contribution < -0.4 is 5.32 Å². The molecular formula is C15H21N5O. The standard InChI is InChI=1S/C15H21N5O/c1-11-7-8-12(20-10-16-18-19-20)9-14(11)17-13-5-3-4-6-15(13)21-2/h7-10,13,15,17H,3-6H2,1-2H3.